The lowest BCUT2D eigenvalue weighted by atomic mass is 9.97. The first-order chi connectivity index (χ1) is 6.27. The van der Waals surface area contributed by atoms with Crippen molar-refractivity contribution in [3.8, 4) is 0 Å². The smallest absolute Gasteiger partial charge is 0.121 e. The molecule has 0 aromatic carbocycles. The second-order valence-corrected chi connectivity index (χ2v) is 4.02. The van der Waals surface area contributed by atoms with E-state index in [0.29, 0.717) is 5.92 Å². The van der Waals surface area contributed by atoms with Gasteiger partial charge in [0, 0.05) is 0 Å². The van der Waals surface area contributed by atoms with Crippen molar-refractivity contribution in [3.05, 3.63) is 23.7 Å². The molecule has 0 saturated heterocycles. The number of rotatable bonds is 2. The number of hydrogen-bond acceptors (Lipinski definition) is 2. The Bertz CT molecular complexity index is 279. The first kappa shape index (κ1) is 11.6. The highest BCUT2D eigenvalue weighted by molar-refractivity contribution is 5.85. The molecular weight excluding hydrogens is 198 g/mol. The van der Waals surface area contributed by atoms with Gasteiger partial charge in [0.25, 0.3) is 0 Å². The van der Waals surface area contributed by atoms with Crippen LogP contribution in [0.15, 0.2) is 16.5 Å². The fourth-order valence-corrected chi connectivity index (χ4v) is 2.18. The van der Waals surface area contributed by atoms with E-state index in [1.54, 1.807) is 0 Å². The van der Waals surface area contributed by atoms with Crippen molar-refractivity contribution in [1.82, 2.24) is 0 Å². The summed E-state index contributed by atoms with van der Waals surface area (Å²) in [6, 6.07) is 4.12. The van der Waals surface area contributed by atoms with Crippen LogP contribution in [0.25, 0.3) is 0 Å². The third-order valence-electron chi connectivity index (χ3n) is 3.00. The minimum absolute atomic E-state index is 0. The summed E-state index contributed by atoms with van der Waals surface area (Å²) in [5.41, 5.74) is 6.12. The molecule has 1 aromatic heterocycles. The molecule has 0 unspecified atom stereocenters. The van der Waals surface area contributed by atoms with Gasteiger partial charge in [-0.1, -0.05) is 12.8 Å². The molecule has 1 atom stereocenters. The van der Waals surface area contributed by atoms with Gasteiger partial charge in [-0.3, -0.25) is 0 Å². The maximum absolute atomic E-state index is 6.12. The average Bonchev–Trinajstić information content (AvgIpc) is 2.72. The molecule has 0 aliphatic heterocycles. The SMILES string of the molecule is Cc1ccc([C@H](N)C2CCCC2)o1.Cl. The van der Waals surface area contributed by atoms with E-state index in [1.165, 1.54) is 25.7 Å². The van der Waals surface area contributed by atoms with E-state index in [0.717, 1.165) is 11.5 Å². The Morgan fingerprint density at radius 2 is 2.00 bits per heavy atom. The molecule has 3 heteroatoms. The van der Waals surface area contributed by atoms with Crippen molar-refractivity contribution in [1.29, 1.82) is 0 Å². The highest BCUT2D eigenvalue weighted by Gasteiger charge is 2.24. The minimum Gasteiger partial charge on any atom is -0.465 e. The van der Waals surface area contributed by atoms with E-state index in [-0.39, 0.29) is 18.4 Å². The van der Waals surface area contributed by atoms with Crippen LogP contribution in [0.3, 0.4) is 0 Å². The van der Waals surface area contributed by atoms with Gasteiger partial charge in [-0.2, -0.15) is 0 Å². The van der Waals surface area contributed by atoms with Crippen LogP contribution in [0.2, 0.25) is 0 Å². The largest absolute Gasteiger partial charge is 0.465 e. The van der Waals surface area contributed by atoms with Gasteiger partial charge >= 0.3 is 0 Å². The Kier molecular flexibility index (Phi) is 4.02. The normalized spacial score (nSPS) is 19.3. The molecule has 1 fully saturated rings. The zero-order valence-corrected chi connectivity index (χ0v) is 9.35. The van der Waals surface area contributed by atoms with Crippen molar-refractivity contribution in [2.24, 2.45) is 11.7 Å². The summed E-state index contributed by atoms with van der Waals surface area (Å²) >= 11 is 0. The molecule has 0 bridgehead atoms. The number of furan rings is 1. The van der Waals surface area contributed by atoms with Crippen LogP contribution in [0.1, 0.15) is 43.2 Å². The topological polar surface area (TPSA) is 39.2 Å². The maximum atomic E-state index is 6.12. The molecule has 1 aliphatic carbocycles. The van der Waals surface area contributed by atoms with E-state index in [4.69, 9.17) is 10.2 Å². The molecule has 1 aliphatic rings. The molecule has 2 N–H and O–H groups in total. The summed E-state index contributed by atoms with van der Waals surface area (Å²) in [4.78, 5) is 0. The van der Waals surface area contributed by atoms with Crippen LogP contribution in [0.5, 0.6) is 0 Å². The summed E-state index contributed by atoms with van der Waals surface area (Å²) in [6.07, 6.45) is 5.19. The van der Waals surface area contributed by atoms with Gasteiger partial charge in [0.1, 0.15) is 11.5 Å². The predicted molar refractivity (Wildman–Crippen MR) is 59.6 cm³/mol. The van der Waals surface area contributed by atoms with Crippen molar-refractivity contribution < 1.29 is 4.42 Å². The Morgan fingerprint density at radius 1 is 1.36 bits per heavy atom. The second-order valence-electron chi connectivity index (χ2n) is 4.02. The Hall–Kier alpha value is -0.470. The lowest BCUT2D eigenvalue weighted by Crippen LogP contribution is -2.18. The Labute approximate surface area is 91.3 Å². The first-order valence-corrected chi connectivity index (χ1v) is 5.09. The van der Waals surface area contributed by atoms with Gasteiger partial charge in [0.15, 0.2) is 0 Å². The Morgan fingerprint density at radius 3 is 2.50 bits per heavy atom. The van der Waals surface area contributed by atoms with Crippen molar-refractivity contribution >= 4 is 12.4 Å². The lowest BCUT2D eigenvalue weighted by Gasteiger charge is -2.15. The summed E-state index contributed by atoms with van der Waals surface area (Å²) in [5, 5.41) is 0. The van der Waals surface area contributed by atoms with E-state index in [1.807, 2.05) is 19.1 Å². The quantitative estimate of drug-likeness (QED) is 0.823. The number of aryl methyl sites for hydroxylation is 1. The third-order valence-corrected chi connectivity index (χ3v) is 3.00. The molecule has 0 amide bonds. The summed E-state index contributed by atoms with van der Waals surface area (Å²) in [5.74, 6) is 2.57. The zero-order valence-electron chi connectivity index (χ0n) is 8.53. The van der Waals surface area contributed by atoms with Crippen LogP contribution < -0.4 is 5.73 Å². The van der Waals surface area contributed by atoms with E-state index in [2.05, 4.69) is 0 Å². The average molecular weight is 216 g/mol. The lowest BCUT2D eigenvalue weighted by molar-refractivity contribution is 0.361. The summed E-state index contributed by atoms with van der Waals surface area (Å²) in [7, 11) is 0. The van der Waals surface area contributed by atoms with Crippen LogP contribution in [0.4, 0.5) is 0 Å². The summed E-state index contributed by atoms with van der Waals surface area (Å²) in [6.45, 7) is 1.96. The molecule has 1 saturated carbocycles. The van der Waals surface area contributed by atoms with E-state index in [9.17, 15) is 0 Å². The Balaban J connectivity index is 0.000000980. The molecule has 2 nitrogen and oxygen atoms in total. The summed E-state index contributed by atoms with van der Waals surface area (Å²) < 4.78 is 5.53. The van der Waals surface area contributed by atoms with Crippen LogP contribution in [0, 0.1) is 12.8 Å². The fraction of sp³-hybridized carbons (Fsp3) is 0.636. The highest BCUT2D eigenvalue weighted by atomic mass is 35.5. The van der Waals surface area contributed by atoms with E-state index < -0.39 is 0 Å². The molecule has 1 heterocycles. The minimum atomic E-state index is 0. The number of nitrogens with two attached hydrogens (primary N) is 1. The molecule has 0 spiro atoms. The molecular formula is C11H18ClNO. The molecule has 1 aromatic rings. The van der Waals surface area contributed by atoms with Crippen LogP contribution in [-0.2, 0) is 0 Å². The second kappa shape index (κ2) is 4.85. The zero-order chi connectivity index (χ0) is 9.26. The van der Waals surface area contributed by atoms with Crippen LogP contribution >= 0.6 is 12.4 Å². The van der Waals surface area contributed by atoms with E-state index >= 15 is 0 Å². The predicted octanol–water partition coefficient (Wildman–Crippen LogP) is 3.20. The molecule has 14 heavy (non-hydrogen) atoms. The van der Waals surface area contributed by atoms with Crippen molar-refractivity contribution in [3.63, 3.8) is 0 Å². The van der Waals surface area contributed by atoms with Crippen molar-refractivity contribution in [2.75, 3.05) is 0 Å². The number of hydrogen-bond donors (Lipinski definition) is 1. The number of halogens is 1. The van der Waals surface area contributed by atoms with Gasteiger partial charge in [0.05, 0.1) is 6.04 Å². The molecule has 2 rings (SSSR count). The fourth-order valence-electron chi connectivity index (χ4n) is 2.18. The van der Waals surface area contributed by atoms with Crippen LogP contribution in [-0.4, -0.2) is 0 Å². The molecule has 0 radical (unpaired) electrons. The van der Waals surface area contributed by atoms with Gasteiger partial charge in [0.2, 0.25) is 0 Å². The van der Waals surface area contributed by atoms with Crippen molar-refractivity contribution in [2.45, 2.75) is 38.6 Å². The van der Waals surface area contributed by atoms with Gasteiger partial charge in [-0.15, -0.1) is 12.4 Å². The maximum Gasteiger partial charge on any atom is 0.121 e. The third kappa shape index (κ3) is 2.31. The highest BCUT2D eigenvalue weighted by Crippen LogP contribution is 2.34. The van der Waals surface area contributed by atoms with Gasteiger partial charge in [-0.25, -0.2) is 0 Å². The van der Waals surface area contributed by atoms with Gasteiger partial charge in [-0.05, 0) is 37.8 Å². The van der Waals surface area contributed by atoms with Gasteiger partial charge < -0.3 is 10.2 Å². The monoisotopic (exact) mass is 215 g/mol. The first-order valence-electron chi connectivity index (χ1n) is 5.09. The standard InChI is InChI=1S/C11H17NO.ClH/c1-8-6-7-10(13-8)11(12)9-4-2-3-5-9;/h6-7,9,11H,2-5,12H2,1H3;1H/t11-;/m1./s1. The molecule has 80 valence electrons.